The number of carbonyl (C=O) groups is 2. The maximum absolute atomic E-state index is 12.1. The first-order chi connectivity index (χ1) is 11.3. The van der Waals surface area contributed by atoms with Crippen molar-refractivity contribution in [3.63, 3.8) is 0 Å². The second kappa shape index (κ2) is 7.76. The number of benzene rings is 1. The van der Waals surface area contributed by atoms with E-state index >= 15 is 0 Å². The minimum atomic E-state index is -3.35. The molecular formula is C16H22N2O5S. The monoisotopic (exact) mass is 354 g/mol. The number of carbonyl (C=O) groups excluding carboxylic acids is 2. The van der Waals surface area contributed by atoms with Gasteiger partial charge in [0.05, 0.1) is 23.7 Å². The zero-order chi connectivity index (χ0) is 17.7. The van der Waals surface area contributed by atoms with Gasteiger partial charge in [0.25, 0.3) is 5.91 Å². The molecule has 7 nitrogen and oxygen atoms in total. The van der Waals surface area contributed by atoms with Crippen LogP contribution in [-0.4, -0.2) is 67.0 Å². The highest BCUT2D eigenvalue weighted by Crippen LogP contribution is 2.19. The first-order valence-electron chi connectivity index (χ1n) is 7.85. The van der Waals surface area contributed by atoms with Crippen molar-refractivity contribution in [1.29, 1.82) is 0 Å². The average Bonchev–Trinajstić information content (AvgIpc) is 2.84. The molecule has 2 amide bonds. The van der Waals surface area contributed by atoms with E-state index in [1.54, 1.807) is 37.3 Å². The number of nitrogens with one attached hydrogen (secondary N) is 1. The van der Waals surface area contributed by atoms with Crippen LogP contribution in [0.3, 0.4) is 0 Å². The zero-order valence-electron chi connectivity index (χ0n) is 13.5. The van der Waals surface area contributed by atoms with Crippen LogP contribution >= 0.6 is 0 Å². The summed E-state index contributed by atoms with van der Waals surface area (Å²) in [5.41, 5.74) is 0.509. The lowest BCUT2D eigenvalue weighted by atomic mass is 10.1. The molecule has 8 heteroatoms. The third-order valence-corrected chi connectivity index (χ3v) is 5.69. The normalized spacial score (nSPS) is 22.1. The summed E-state index contributed by atoms with van der Waals surface area (Å²) in [4.78, 5) is 25.5. The van der Waals surface area contributed by atoms with Crippen molar-refractivity contribution in [3.05, 3.63) is 35.9 Å². The van der Waals surface area contributed by atoms with E-state index in [4.69, 9.17) is 0 Å². The SMILES string of the molecule is CCC(=O)N(CCNC(=O)c1ccccc1)C1CS(=O)(=O)CC1O. The standard InChI is InChI=1S/C16H22N2O5S/c1-2-15(20)18(13-10-24(22,23)11-14(13)19)9-8-17-16(21)12-6-4-3-5-7-12/h3-7,13-14,19H,2,8-11H2,1H3,(H,17,21). The lowest BCUT2D eigenvalue weighted by molar-refractivity contribution is -0.134. The van der Waals surface area contributed by atoms with Gasteiger partial charge in [-0.05, 0) is 12.1 Å². The molecule has 132 valence electrons. The molecule has 1 aliphatic rings. The van der Waals surface area contributed by atoms with Gasteiger partial charge < -0.3 is 15.3 Å². The predicted octanol–water partition coefficient (Wildman–Crippen LogP) is -0.187. The second-order valence-corrected chi connectivity index (χ2v) is 7.93. The Balaban J connectivity index is 1.98. The minimum absolute atomic E-state index is 0.155. The Morgan fingerprint density at radius 2 is 1.92 bits per heavy atom. The first-order valence-corrected chi connectivity index (χ1v) is 9.67. The smallest absolute Gasteiger partial charge is 0.251 e. The van der Waals surface area contributed by atoms with Crippen molar-refractivity contribution in [2.45, 2.75) is 25.5 Å². The molecular weight excluding hydrogens is 332 g/mol. The Morgan fingerprint density at radius 3 is 2.46 bits per heavy atom. The predicted molar refractivity (Wildman–Crippen MR) is 89.2 cm³/mol. The summed E-state index contributed by atoms with van der Waals surface area (Å²) in [6.07, 6.45) is -0.883. The number of hydrogen-bond acceptors (Lipinski definition) is 5. The molecule has 0 spiro atoms. The number of nitrogens with zero attached hydrogens (tertiary/aromatic N) is 1. The Bertz CT molecular complexity index is 690. The van der Waals surface area contributed by atoms with Gasteiger partial charge in [0, 0.05) is 25.1 Å². The molecule has 2 rings (SSSR count). The molecule has 2 atom stereocenters. The minimum Gasteiger partial charge on any atom is -0.390 e. The molecule has 0 aromatic heterocycles. The summed E-state index contributed by atoms with van der Waals surface area (Å²) in [6, 6.07) is 7.91. The van der Waals surface area contributed by atoms with Gasteiger partial charge in [-0.1, -0.05) is 25.1 Å². The molecule has 0 bridgehead atoms. The molecule has 0 saturated carbocycles. The van der Waals surface area contributed by atoms with E-state index in [1.165, 1.54) is 4.90 Å². The maximum atomic E-state index is 12.1. The zero-order valence-corrected chi connectivity index (χ0v) is 14.3. The first kappa shape index (κ1) is 18.4. The summed E-state index contributed by atoms with van der Waals surface area (Å²) >= 11 is 0. The van der Waals surface area contributed by atoms with Crippen molar-refractivity contribution in [3.8, 4) is 0 Å². The van der Waals surface area contributed by atoms with Crippen molar-refractivity contribution < 1.29 is 23.1 Å². The number of aliphatic hydroxyl groups is 1. The quantitative estimate of drug-likeness (QED) is 0.737. The largest absolute Gasteiger partial charge is 0.390 e. The highest BCUT2D eigenvalue weighted by Gasteiger charge is 2.41. The third-order valence-electron chi connectivity index (χ3n) is 3.99. The Kier molecular flexibility index (Phi) is 5.95. The number of aliphatic hydroxyl groups excluding tert-OH is 1. The number of sulfone groups is 1. The van der Waals surface area contributed by atoms with E-state index in [2.05, 4.69) is 5.32 Å². The number of hydrogen-bond donors (Lipinski definition) is 2. The fraction of sp³-hybridized carbons (Fsp3) is 0.500. The molecule has 1 saturated heterocycles. The van der Waals surface area contributed by atoms with E-state index in [9.17, 15) is 23.1 Å². The Labute approximate surface area is 141 Å². The fourth-order valence-corrected chi connectivity index (χ4v) is 4.57. The Morgan fingerprint density at radius 1 is 1.25 bits per heavy atom. The third kappa shape index (κ3) is 4.55. The van der Waals surface area contributed by atoms with Gasteiger partial charge in [0.15, 0.2) is 9.84 Å². The van der Waals surface area contributed by atoms with Crippen LogP contribution in [0.4, 0.5) is 0 Å². The molecule has 1 heterocycles. The van der Waals surface area contributed by atoms with Crippen LogP contribution in [0.15, 0.2) is 30.3 Å². The maximum Gasteiger partial charge on any atom is 0.251 e. The summed E-state index contributed by atoms with van der Waals surface area (Å²) in [5, 5.41) is 12.7. The van der Waals surface area contributed by atoms with E-state index in [0.717, 1.165) is 0 Å². The lowest BCUT2D eigenvalue weighted by Crippen LogP contribution is -2.49. The lowest BCUT2D eigenvalue weighted by Gasteiger charge is -2.30. The summed E-state index contributed by atoms with van der Waals surface area (Å²) < 4.78 is 23.3. The van der Waals surface area contributed by atoms with Crippen LogP contribution in [0.5, 0.6) is 0 Å². The van der Waals surface area contributed by atoms with Crippen LogP contribution in [0.2, 0.25) is 0 Å². The van der Waals surface area contributed by atoms with Gasteiger partial charge in [-0.25, -0.2) is 8.42 Å². The van der Waals surface area contributed by atoms with Crippen molar-refractivity contribution in [2.24, 2.45) is 0 Å². The highest BCUT2D eigenvalue weighted by molar-refractivity contribution is 7.91. The van der Waals surface area contributed by atoms with Crippen LogP contribution in [0.1, 0.15) is 23.7 Å². The molecule has 1 aromatic rings. The average molecular weight is 354 g/mol. The van der Waals surface area contributed by atoms with Gasteiger partial charge in [0.1, 0.15) is 0 Å². The molecule has 24 heavy (non-hydrogen) atoms. The molecule has 1 fully saturated rings. The summed E-state index contributed by atoms with van der Waals surface area (Å²) in [6.45, 7) is 2.01. The van der Waals surface area contributed by atoms with Gasteiger partial charge in [0.2, 0.25) is 5.91 Å². The number of rotatable bonds is 6. The number of amides is 2. The molecule has 2 N–H and O–H groups in total. The fourth-order valence-electron chi connectivity index (χ4n) is 2.77. The van der Waals surface area contributed by atoms with Crippen LogP contribution in [0, 0.1) is 0 Å². The molecule has 0 radical (unpaired) electrons. The van der Waals surface area contributed by atoms with Gasteiger partial charge in [-0.15, -0.1) is 0 Å². The van der Waals surface area contributed by atoms with Gasteiger partial charge in [-0.2, -0.15) is 0 Å². The topological polar surface area (TPSA) is 104 Å². The van der Waals surface area contributed by atoms with E-state index in [-0.39, 0.29) is 42.8 Å². The molecule has 2 unspecified atom stereocenters. The summed E-state index contributed by atoms with van der Waals surface area (Å²) in [5.74, 6) is -1.09. The van der Waals surface area contributed by atoms with Crippen molar-refractivity contribution >= 4 is 21.7 Å². The van der Waals surface area contributed by atoms with E-state index in [0.29, 0.717) is 5.56 Å². The molecule has 0 aliphatic carbocycles. The highest BCUT2D eigenvalue weighted by atomic mass is 32.2. The Hall–Kier alpha value is -1.93. The van der Waals surface area contributed by atoms with Crippen molar-refractivity contribution in [1.82, 2.24) is 10.2 Å². The van der Waals surface area contributed by atoms with Gasteiger partial charge >= 0.3 is 0 Å². The van der Waals surface area contributed by atoms with E-state index < -0.39 is 22.0 Å². The molecule has 1 aliphatic heterocycles. The van der Waals surface area contributed by atoms with Crippen LogP contribution in [-0.2, 0) is 14.6 Å². The second-order valence-electron chi connectivity index (χ2n) is 5.77. The molecule has 1 aromatic carbocycles. The summed E-state index contributed by atoms with van der Waals surface area (Å²) in [7, 11) is -3.35. The van der Waals surface area contributed by atoms with Gasteiger partial charge in [-0.3, -0.25) is 9.59 Å². The van der Waals surface area contributed by atoms with Crippen LogP contribution in [0.25, 0.3) is 0 Å². The van der Waals surface area contributed by atoms with Crippen LogP contribution < -0.4 is 5.32 Å². The van der Waals surface area contributed by atoms with Crippen molar-refractivity contribution in [2.75, 3.05) is 24.6 Å². The van der Waals surface area contributed by atoms with E-state index in [1.807, 2.05) is 0 Å².